The summed E-state index contributed by atoms with van der Waals surface area (Å²) in [5.74, 6) is 0. The van der Waals surface area contributed by atoms with Crippen LogP contribution in [0.2, 0.25) is 0 Å². The summed E-state index contributed by atoms with van der Waals surface area (Å²) in [4.78, 5) is 0. The van der Waals surface area contributed by atoms with Crippen LogP contribution in [0.4, 0.5) is 5.69 Å². The third kappa shape index (κ3) is 5.01. The first kappa shape index (κ1) is 12.8. The van der Waals surface area contributed by atoms with Crippen LogP contribution in [0, 0.1) is 0 Å². The van der Waals surface area contributed by atoms with Crippen LogP contribution in [-0.4, -0.2) is 6.54 Å². The van der Waals surface area contributed by atoms with Gasteiger partial charge < -0.3 is 5.32 Å². The molecule has 1 aromatic rings. The number of rotatable bonds is 7. The minimum Gasteiger partial charge on any atom is -0.385 e. The zero-order chi connectivity index (χ0) is 11.8. The van der Waals surface area contributed by atoms with E-state index < -0.39 is 0 Å². The Hall–Kier alpha value is -1.24. The number of unbranched alkanes of at least 4 members (excludes halogenated alkanes) is 1. The van der Waals surface area contributed by atoms with Crippen molar-refractivity contribution in [1.29, 1.82) is 0 Å². The summed E-state index contributed by atoms with van der Waals surface area (Å²) in [5, 5.41) is 3.40. The lowest BCUT2D eigenvalue weighted by Crippen LogP contribution is -2.01. The van der Waals surface area contributed by atoms with Crippen molar-refractivity contribution in [2.45, 2.75) is 39.5 Å². The molecule has 1 aromatic carbocycles. The number of anilines is 1. The Morgan fingerprint density at radius 2 is 1.94 bits per heavy atom. The van der Waals surface area contributed by atoms with Crippen molar-refractivity contribution < 1.29 is 0 Å². The van der Waals surface area contributed by atoms with Crippen molar-refractivity contribution in [3.8, 4) is 0 Å². The van der Waals surface area contributed by atoms with E-state index in [4.69, 9.17) is 0 Å². The Morgan fingerprint density at radius 1 is 1.25 bits per heavy atom. The van der Waals surface area contributed by atoms with Crippen LogP contribution in [-0.2, 0) is 6.42 Å². The molecule has 0 atom stereocenters. The van der Waals surface area contributed by atoms with Crippen LogP contribution in [0.5, 0.6) is 0 Å². The van der Waals surface area contributed by atoms with Gasteiger partial charge in [0.1, 0.15) is 0 Å². The third-order valence-corrected chi connectivity index (χ3v) is 2.65. The summed E-state index contributed by atoms with van der Waals surface area (Å²) in [6.07, 6.45) is 4.78. The maximum atomic E-state index is 3.89. The van der Waals surface area contributed by atoms with Crippen LogP contribution in [0.1, 0.15) is 38.7 Å². The predicted octanol–water partition coefficient (Wildman–Crippen LogP) is 4.41. The van der Waals surface area contributed by atoms with Crippen molar-refractivity contribution in [3.05, 3.63) is 42.0 Å². The highest BCUT2D eigenvalue weighted by Gasteiger charge is 1.94. The van der Waals surface area contributed by atoms with Gasteiger partial charge in [0.15, 0.2) is 0 Å². The number of hydrogen-bond donors (Lipinski definition) is 1. The highest BCUT2D eigenvalue weighted by molar-refractivity contribution is 5.44. The van der Waals surface area contributed by atoms with Gasteiger partial charge in [-0.05, 0) is 43.9 Å². The van der Waals surface area contributed by atoms with Crippen LogP contribution in [0.25, 0.3) is 0 Å². The quantitative estimate of drug-likeness (QED) is 0.667. The van der Waals surface area contributed by atoms with E-state index in [-0.39, 0.29) is 0 Å². The molecule has 0 aliphatic carbocycles. The standard InChI is InChI=1S/C15H23N/c1-4-5-6-14-7-9-15(10-8-14)16-12-11-13(2)3/h7-10,16H,2,4-6,11-12H2,1,3H3. The lowest BCUT2D eigenvalue weighted by Gasteiger charge is -2.07. The van der Waals surface area contributed by atoms with Crippen molar-refractivity contribution in [3.63, 3.8) is 0 Å². The molecule has 16 heavy (non-hydrogen) atoms. The smallest absolute Gasteiger partial charge is 0.0340 e. The number of aryl methyl sites for hydroxylation is 1. The highest BCUT2D eigenvalue weighted by atomic mass is 14.9. The molecule has 0 aliphatic heterocycles. The van der Waals surface area contributed by atoms with E-state index in [0.717, 1.165) is 13.0 Å². The Bertz CT molecular complexity index is 311. The van der Waals surface area contributed by atoms with Gasteiger partial charge in [-0.2, -0.15) is 0 Å². The van der Waals surface area contributed by atoms with Gasteiger partial charge in [-0.1, -0.05) is 31.1 Å². The number of benzene rings is 1. The first-order valence-corrected chi connectivity index (χ1v) is 6.19. The second kappa shape index (κ2) is 7.10. The molecule has 0 fully saturated rings. The zero-order valence-corrected chi connectivity index (χ0v) is 10.6. The molecule has 0 radical (unpaired) electrons. The first-order valence-electron chi connectivity index (χ1n) is 6.19. The van der Waals surface area contributed by atoms with Crippen LogP contribution in [0.3, 0.4) is 0 Å². The zero-order valence-electron chi connectivity index (χ0n) is 10.6. The maximum Gasteiger partial charge on any atom is 0.0340 e. The Kier molecular flexibility index (Phi) is 5.69. The molecule has 1 rings (SSSR count). The van der Waals surface area contributed by atoms with Gasteiger partial charge in [-0.3, -0.25) is 0 Å². The van der Waals surface area contributed by atoms with Gasteiger partial charge in [0.2, 0.25) is 0 Å². The summed E-state index contributed by atoms with van der Waals surface area (Å²) in [6, 6.07) is 8.78. The van der Waals surface area contributed by atoms with Crippen molar-refractivity contribution >= 4 is 5.69 Å². The summed E-state index contributed by atoms with van der Waals surface area (Å²) in [5.41, 5.74) is 3.88. The SMILES string of the molecule is C=C(C)CCNc1ccc(CCCC)cc1. The molecule has 0 spiro atoms. The molecular weight excluding hydrogens is 194 g/mol. The number of nitrogens with one attached hydrogen (secondary N) is 1. The molecule has 1 N–H and O–H groups in total. The van der Waals surface area contributed by atoms with E-state index in [9.17, 15) is 0 Å². The summed E-state index contributed by atoms with van der Waals surface area (Å²) < 4.78 is 0. The number of hydrogen-bond acceptors (Lipinski definition) is 1. The fourth-order valence-corrected chi connectivity index (χ4v) is 1.59. The second-order valence-corrected chi connectivity index (χ2v) is 4.43. The monoisotopic (exact) mass is 217 g/mol. The molecule has 0 bridgehead atoms. The van der Waals surface area contributed by atoms with Gasteiger partial charge >= 0.3 is 0 Å². The Labute approximate surface area is 99.6 Å². The van der Waals surface area contributed by atoms with Gasteiger partial charge in [0.05, 0.1) is 0 Å². The average molecular weight is 217 g/mol. The van der Waals surface area contributed by atoms with Crippen LogP contribution in [0.15, 0.2) is 36.4 Å². The molecule has 0 aromatic heterocycles. The summed E-state index contributed by atoms with van der Waals surface area (Å²) in [6.45, 7) is 9.16. The molecule has 0 amide bonds. The minimum absolute atomic E-state index is 0.976. The molecule has 88 valence electrons. The Morgan fingerprint density at radius 3 is 2.50 bits per heavy atom. The van der Waals surface area contributed by atoms with E-state index in [1.165, 1.54) is 36.1 Å². The average Bonchev–Trinajstić information content (AvgIpc) is 2.27. The minimum atomic E-state index is 0.976. The predicted molar refractivity (Wildman–Crippen MR) is 73.0 cm³/mol. The van der Waals surface area contributed by atoms with E-state index in [2.05, 4.69) is 50.0 Å². The fraction of sp³-hybridized carbons (Fsp3) is 0.467. The Balaban J connectivity index is 2.36. The summed E-state index contributed by atoms with van der Waals surface area (Å²) in [7, 11) is 0. The lowest BCUT2D eigenvalue weighted by atomic mass is 10.1. The molecule has 1 nitrogen and oxygen atoms in total. The van der Waals surface area contributed by atoms with E-state index in [0.29, 0.717) is 0 Å². The van der Waals surface area contributed by atoms with Gasteiger partial charge in [0, 0.05) is 12.2 Å². The van der Waals surface area contributed by atoms with Gasteiger partial charge in [-0.15, -0.1) is 6.58 Å². The molecule has 0 unspecified atom stereocenters. The topological polar surface area (TPSA) is 12.0 Å². The third-order valence-electron chi connectivity index (χ3n) is 2.65. The van der Waals surface area contributed by atoms with Gasteiger partial charge in [-0.25, -0.2) is 0 Å². The van der Waals surface area contributed by atoms with Crippen LogP contribution < -0.4 is 5.32 Å². The van der Waals surface area contributed by atoms with Crippen molar-refractivity contribution in [1.82, 2.24) is 0 Å². The first-order chi connectivity index (χ1) is 7.72. The summed E-state index contributed by atoms with van der Waals surface area (Å²) >= 11 is 0. The highest BCUT2D eigenvalue weighted by Crippen LogP contribution is 2.12. The van der Waals surface area contributed by atoms with Crippen molar-refractivity contribution in [2.75, 3.05) is 11.9 Å². The molecule has 0 saturated heterocycles. The normalized spacial score (nSPS) is 10.1. The van der Waals surface area contributed by atoms with Gasteiger partial charge in [0.25, 0.3) is 0 Å². The second-order valence-electron chi connectivity index (χ2n) is 4.43. The fourth-order valence-electron chi connectivity index (χ4n) is 1.59. The maximum absolute atomic E-state index is 3.89. The molecule has 0 saturated carbocycles. The molecule has 0 aliphatic rings. The molecule has 0 heterocycles. The molecular formula is C15H23N. The van der Waals surface area contributed by atoms with E-state index in [1.807, 2.05) is 0 Å². The molecule has 1 heteroatoms. The van der Waals surface area contributed by atoms with E-state index in [1.54, 1.807) is 0 Å². The van der Waals surface area contributed by atoms with Crippen LogP contribution >= 0.6 is 0 Å². The van der Waals surface area contributed by atoms with E-state index >= 15 is 0 Å². The van der Waals surface area contributed by atoms with Crippen molar-refractivity contribution in [2.24, 2.45) is 0 Å². The lowest BCUT2D eigenvalue weighted by molar-refractivity contribution is 0.795. The largest absolute Gasteiger partial charge is 0.385 e.